The topological polar surface area (TPSA) is 167 Å². The molecule has 0 spiro atoms. The number of H-pyrrole nitrogens is 1. The molecule has 3 N–H and O–H groups in total. The van der Waals surface area contributed by atoms with Crippen molar-refractivity contribution in [3.05, 3.63) is 32.6 Å². The molecule has 5 atom stereocenters. The van der Waals surface area contributed by atoms with Gasteiger partial charge in [-0.3, -0.25) is 23.4 Å². The standard InChI is InChI=1S/C17H22N3O10P/c1-26-8-17-9-28-11(12(17)30-31(3,24)25)14(29-17)20-7-10(13(21)19-15(20)22)5-4-6-18-16(23)27-2/h7,11-12,14H,6,8-9H2,1-3H3,(H,18,23)(H,24,25)(H,19,21,22)/t11?,12-,14+,17+/m0/s1. The van der Waals surface area contributed by atoms with Crippen LogP contribution in [-0.2, 0) is 28.0 Å². The monoisotopic (exact) mass is 459 g/mol. The van der Waals surface area contributed by atoms with Crippen molar-refractivity contribution in [1.29, 1.82) is 0 Å². The van der Waals surface area contributed by atoms with Gasteiger partial charge in [-0.25, -0.2) is 9.59 Å². The molecule has 13 nitrogen and oxygen atoms in total. The van der Waals surface area contributed by atoms with Crippen LogP contribution in [0.5, 0.6) is 0 Å². The molecule has 2 bridgehead atoms. The van der Waals surface area contributed by atoms with Gasteiger partial charge in [-0.1, -0.05) is 11.8 Å². The van der Waals surface area contributed by atoms with Gasteiger partial charge in [0.25, 0.3) is 5.56 Å². The molecule has 3 rings (SSSR count). The summed E-state index contributed by atoms with van der Waals surface area (Å²) in [6, 6.07) is 0. The summed E-state index contributed by atoms with van der Waals surface area (Å²) in [6.45, 7) is 0.944. The van der Waals surface area contributed by atoms with Gasteiger partial charge in [0.2, 0.25) is 0 Å². The maximum absolute atomic E-state index is 12.4. The van der Waals surface area contributed by atoms with Crippen molar-refractivity contribution < 1.29 is 37.7 Å². The molecule has 14 heteroatoms. The summed E-state index contributed by atoms with van der Waals surface area (Å²) < 4.78 is 39.5. The van der Waals surface area contributed by atoms with Crippen LogP contribution in [0.2, 0.25) is 0 Å². The minimum atomic E-state index is -3.92. The molecule has 2 saturated heterocycles. The maximum atomic E-state index is 12.4. The largest absolute Gasteiger partial charge is 0.453 e. The molecule has 1 aromatic rings. The highest BCUT2D eigenvalue weighted by Gasteiger charge is 2.64. The van der Waals surface area contributed by atoms with Crippen LogP contribution in [-0.4, -0.2) is 79.0 Å². The van der Waals surface area contributed by atoms with Crippen LogP contribution in [0.1, 0.15) is 11.8 Å². The highest BCUT2D eigenvalue weighted by Crippen LogP contribution is 2.52. The molecule has 2 fully saturated rings. The Morgan fingerprint density at radius 1 is 1.48 bits per heavy atom. The van der Waals surface area contributed by atoms with Gasteiger partial charge in [-0.2, -0.15) is 0 Å². The Bertz CT molecular complexity index is 1070. The number of carbonyl (C=O) groups excluding carboxylic acids is 1. The Morgan fingerprint density at radius 2 is 2.23 bits per heavy atom. The van der Waals surface area contributed by atoms with Gasteiger partial charge in [0.1, 0.15) is 23.4 Å². The molecule has 170 valence electrons. The number of hydrogen-bond acceptors (Lipinski definition) is 9. The number of methoxy groups -OCH3 is 2. The fourth-order valence-corrected chi connectivity index (χ4v) is 4.16. The van der Waals surface area contributed by atoms with Crippen LogP contribution in [0.4, 0.5) is 4.79 Å². The molecule has 1 amide bonds. The number of aromatic nitrogens is 2. The van der Waals surface area contributed by atoms with E-state index in [1.807, 2.05) is 0 Å². The summed E-state index contributed by atoms with van der Waals surface area (Å²) in [4.78, 5) is 47.4. The summed E-state index contributed by atoms with van der Waals surface area (Å²) >= 11 is 0. The SMILES string of the molecule is COC[C@]12COC([C@H](n3cc(C#CCNC(=O)OC)c(=O)[nH]c3=O)O1)[C@@H]2OP(C)(=O)O. The van der Waals surface area contributed by atoms with Gasteiger partial charge < -0.3 is 29.2 Å². The highest BCUT2D eigenvalue weighted by molar-refractivity contribution is 7.51. The normalized spacial score (nSPS) is 28.5. The van der Waals surface area contributed by atoms with E-state index in [1.165, 1.54) is 20.4 Å². The van der Waals surface area contributed by atoms with Crippen LogP contribution in [0.25, 0.3) is 0 Å². The van der Waals surface area contributed by atoms with Gasteiger partial charge in [-0.05, 0) is 0 Å². The first-order chi connectivity index (χ1) is 14.6. The Morgan fingerprint density at radius 3 is 2.87 bits per heavy atom. The zero-order valence-corrected chi connectivity index (χ0v) is 17.8. The van der Waals surface area contributed by atoms with Crippen molar-refractivity contribution in [2.45, 2.75) is 24.0 Å². The second kappa shape index (κ2) is 8.96. The zero-order valence-electron chi connectivity index (χ0n) is 16.9. The van der Waals surface area contributed by atoms with Crippen LogP contribution in [0, 0.1) is 11.8 Å². The van der Waals surface area contributed by atoms with Gasteiger partial charge in [0.15, 0.2) is 6.23 Å². The van der Waals surface area contributed by atoms with Crippen LogP contribution >= 0.6 is 7.60 Å². The first-order valence-electron chi connectivity index (χ1n) is 9.03. The van der Waals surface area contributed by atoms with Crippen molar-refractivity contribution in [2.24, 2.45) is 0 Å². The maximum Gasteiger partial charge on any atom is 0.407 e. The molecular formula is C17H22N3O10P. The van der Waals surface area contributed by atoms with Gasteiger partial charge in [0, 0.05) is 20.0 Å². The molecule has 2 aliphatic heterocycles. The summed E-state index contributed by atoms with van der Waals surface area (Å²) in [5, 5.41) is 2.33. The third-order valence-corrected chi connectivity index (χ3v) is 5.26. The number of nitrogens with one attached hydrogen (secondary N) is 2. The number of amides is 1. The number of ether oxygens (including phenoxy) is 4. The van der Waals surface area contributed by atoms with E-state index in [4.69, 9.17) is 18.7 Å². The second-order valence-corrected chi connectivity index (χ2v) is 8.78. The fourth-order valence-electron chi connectivity index (χ4n) is 3.42. The van der Waals surface area contributed by atoms with E-state index in [-0.39, 0.29) is 25.3 Å². The zero-order chi connectivity index (χ0) is 22.8. The lowest BCUT2D eigenvalue weighted by molar-refractivity contribution is -0.190. The van der Waals surface area contributed by atoms with E-state index >= 15 is 0 Å². The third kappa shape index (κ3) is 4.90. The first-order valence-corrected chi connectivity index (χ1v) is 11.1. The minimum Gasteiger partial charge on any atom is -0.453 e. The summed E-state index contributed by atoms with van der Waals surface area (Å²) in [5.41, 5.74) is -2.81. The Labute approximate surface area is 176 Å². The molecule has 0 aliphatic carbocycles. The van der Waals surface area contributed by atoms with Crippen molar-refractivity contribution >= 4 is 13.7 Å². The van der Waals surface area contributed by atoms with Crippen molar-refractivity contribution in [2.75, 3.05) is 40.6 Å². The number of fused-ring (bicyclic) bond motifs is 2. The van der Waals surface area contributed by atoms with Crippen molar-refractivity contribution in [3.63, 3.8) is 0 Å². The molecule has 0 aromatic carbocycles. The number of hydrogen-bond donors (Lipinski definition) is 3. The lowest BCUT2D eigenvalue weighted by atomic mass is 10.0. The summed E-state index contributed by atoms with van der Waals surface area (Å²) in [5.74, 6) is 5.11. The van der Waals surface area contributed by atoms with Crippen molar-refractivity contribution in [3.8, 4) is 11.8 Å². The number of aromatic amines is 1. The fraction of sp³-hybridized carbons (Fsp3) is 0.588. The average Bonchev–Trinajstić information content (AvgIpc) is 3.16. The average molecular weight is 459 g/mol. The Kier molecular flexibility index (Phi) is 6.70. The summed E-state index contributed by atoms with van der Waals surface area (Å²) in [7, 11) is -1.30. The second-order valence-electron chi connectivity index (χ2n) is 6.97. The van der Waals surface area contributed by atoms with E-state index in [0.29, 0.717) is 0 Å². The molecular weight excluding hydrogens is 437 g/mol. The van der Waals surface area contributed by atoms with E-state index in [0.717, 1.165) is 11.2 Å². The Hall–Kier alpha value is -2.46. The molecule has 0 saturated carbocycles. The lowest BCUT2D eigenvalue weighted by Gasteiger charge is -2.31. The van der Waals surface area contributed by atoms with E-state index in [1.54, 1.807) is 0 Å². The molecule has 0 radical (unpaired) electrons. The van der Waals surface area contributed by atoms with Gasteiger partial charge in [-0.15, -0.1) is 0 Å². The number of nitrogens with zero attached hydrogens (tertiary/aromatic N) is 1. The van der Waals surface area contributed by atoms with Gasteiger partial charge >= 0.3 is 19.4 Å². The number of alkyl carbamates (subject to hydrolysis) is 1. The third-order valence-electron chi connectivity index (χ3n) is 4.64. The van der Waals surface area contributed by atoms with E-state index in [2.05, 4.69) is 26.9 Å². The summed E-state index contributed by atoms with van der Waals surface area (Å²) in [6.07, 6.45) is -2.48. The van der Waals surface area contributed by atoms with Crippen LogP contribution in [0.15, 0.2) is 15.8 Å². The smallest absolute Gasteiger partial charge is 0.407 e. The quantitative estimate of drug-likeness (QED) is 0.346. The molecule has 3 heterocycles. The van der Waals surface area contributed by atoms with Gasteiger partial charge in [0.05, 0.1) is 26.9 Å². The van der Waals surface area contributed by atoms with E-state index in [9.17, 15) is 23.8 Å². The van der Waals surface area contributed by atoms with Crippen LogP contribution < -0.4 is 16.6 Å². The molecule has 2 aliphatic rings. The first kappa shape index (κ1) is 23.2. The molecule has 31 heavy (non-hydrogen) atoms. The molecule has 1 aromatic heterocycles. The lowest BCUT2D eigenvalue weighted by Crippen LogP contribution is -2.46. The molecule has 2 unspecified atom stereocenters. The van der Waals surface area contributed by atoms with Crippen molar-refractivity contribution in [1.82, 2.24) is 14.9 Å². The van der Waals surface area contributed by atoms with E-state index < -0.39 is 49.0 Å². The number of rotatable bonds is 6. The number of carbonyl (C=O) groups is 1. The minimum absolute atomic E-state index is 0.0192. The Balaban J connectivity index is 1.91. The highest BCUT2D eigenvalue weighted by atomic mass is 31.2. The van der Waals surface area contributed by atoms with Crippen LogP contribution in [0.3, 0.4) is 0 Å². The predicted octanol–water partition coefficient (Wildman–Crippen LogP) is -1.24. The predicted molar refractivity (Wildman–Crippen MR) is 104 cm³/mol.